The van der Waals surface area contributed by atoms with Gasteiger partial charge in [0.15, 0.2) is 5.82 Å². The number of anilines is 2. The van der Waals surface area contributed by atoms with Gasteiger partial charge in [0.2, 0.25) is 0 Å². The second kappa shape index (κ2) is 7.93. The van der Waals surface area contributed by atoms with Crippen molar-refractivity contribution in [3.63, 3.8) is 0 Å². The first kappa shape index (κ1) is 16.5. The lowest BCUT2D eigenvalue weighted by Crippen LogP contribution is -2.27. The SMILES string of the molecule is c1ccc(NCCNc2nc(-c3cccnc3)nc3c2CCNC3)cc1. The van der Waals surface area contributed by atoms with Crippen molar-refractivity contribution in [1.82, 2.24) is 20.3 Å². The maximum atomic E-state index is 4.78. The van der Waals surface area contributed by atoms with Crippen molar-refractivity contribution in [1.29, 1.82) is 0 Å². The van der Waals surface area contributed by atoms with E-state index in [0.717, 1.165) is 61.2 Å². The van der Waals surface area contributed by atoms with Gasteiger partial charge in [-0.05, 0) is 37.2 Å². The van der Waals surface area contributed by atoms with Gasteiger partial charge in [-0.25, -0.2) is 9.97 Å². The standard InChI is InChI=1S/C20H22N6/c1-2-6-16(7-3-1)23-11-12-24-20-17-8-10-22-14-18(17)25-19(26-20)15-5-4-9-21-13-15/h1-7,9,13,22-23H,8,10-12,14H2,(H,24,25,26). The summed E-state index contributed by atoms with van der Waals surface area (Å²) in [6, 6.07) is 14.1. The van der Waals surface area contributed by atoms with E-state index in [0.29, 0.717) is 0 Å². The molecule has 1 aliphatic heterocycles. The molecule has 0 amide bonds. The molecule has 6 heteroatoms. The third-order valence-electron chi connectivity index (χ3n) is 4.38. The van der Waals surface area contributed by atoms with Crippen LogP contribution in [-0.4, -0.2) is 34.6 Å². The molecule has 3 aromatic rings. The maximum Gasteiger partial charge on any atom is 0.163 e. The number of pyridine rings is 1. The maximum absolute atomic E-state index is 4.78. The Morgan fingerprint density at radius 1 is 0.962 bits per heavy atom. The summed E-state index contributed by atoms with van der Waals surface area (Å²) in [6.07, 6.45) is 4.51. The quantitative estimate of drug-likeness (QED) is 0.596. The van der Waals surface area contributed by atoms with Crippen LogP contribution in [0.4, 0.5) is 11.5 Å². The highest BCUT2D eigenvalue weighted by atomic mass is 15.1. The molecule has 4 rings (SSSR count). The van der Waals surface area contributed by atoms with Crippen molar-refractivity contribution in [3.8, 4) is 11.4 Å². The summed E-state index contributed by atoms with van der Waals surface area (Å²) in [7, 11) is 0. The number of hydrogen-bond donors (Lipinski definition) is 3. The van der Waals surface area contributed by atoms with Gasteiger partial charge in [-0.1, -0.05) is 18.2 Å². The molecule has 2 aromatic heterocycles. The van der Waals surface area contributed by atoms with E-state index in [2.05, 4.69) is 33.1 Å². The average molecular weight is 346 g/mol. The number of hydrogen-bond acceptors (Lipinski definition) is 6. The van der Waals surface area contributed by atoms with E-state index in [-0.39, 0.29) is 0 Å². The van der Waals surface area contributed by atoms with Crippen LogP contribution < -0.4 is 16.0 Å². The van der Waals surface area contributed by atoms with Gasteiger partial charge in [0, 0.05) is 48.8 Å². The molecule has 6 nitrogen and oxygen atoms in total. The van der Waals surface area contributed by atoms with Crippen LogP contribution in [-0.2, 0) is 13.0 Å². The molecule has 132 valence electrons. The lowest BCUT2D eigenvalue weighted by Gasteiger charge is -2.21. The summed E-state index contributed by atoms with van der Waals surface area (Å²) >= 11 is 0. The van der Waals surface area contributed by atoms with Crippen LogP contribution in [0, 0.1) is 0 Å². The molecule has 1 aromatic carbocycles. The molecule has 26 heavy (non-hydrogen) atoms. The van der Waals surface area contributed by atoms with Crippen molar-refractivity contribution >= 4 is 11.5 Å². The summed E-state index contributed by atoms with van der Waals surface area (Å²) in [5, 5.41) is 10.3. The van der Waals surface area contributed by atoms with Gasteiger partial charge >= 0.3 is 0 Å². The summed E-state index contributed by atoms with van der Waals surface area (Å²) in [5.74, 6) is 1.66. The number of rotatable bonds is 6. The molecule has 3 N–H and O–H groups in total. The van der Waals surface area contributed by atoms with E-state index in [1.165, 1.54) is 5.56 Å². The molecule has 0 unspecified atom stereocenters. The number of nitrogens with one attached hydrogen (secondary N) is 3. The first-order valence-electron chi connectivity index (χ1n) is 8.94. The van der Waals surface area contributed by atoms with Crippen molar-refractivity contribution in [2.75, 3.05) is 30.3 Å². The van der Waals surface area contributed by atoms with E-state index in [4.69, 9.17) is 9.97 Å². The lowest BCUT2D eigenvalue weighted by molar-refractivity contribution is 0.625. The van der Waals surface area contributed by atoms with Gasteiger partial charge < -0.3 is 16.0 Å². The average Bonchev–Trinajstić information content (AvgIpc) is 2.72. The third kappa shape index (κ3) is 3.81. The summed E-state index contributed by atoms with van der Waals surface area (Å²) in [4.78, 5) is 13.7. The van der Waals surface area contributed by atoms with Crippen LogP contribution in [0.25, 0.3) is 11.4 Å². The topological polar surface area (TPSA) is 74.8 Å². The Morgan fingerprint density at radius 2 is 1.85 bits per heavy atom. The highest BCUT2D eigenvalue weighted by Gasteiger charge is 2.18. The Hall–Kier alpha value is -2.99. The minimum Gasteiger partial charge on any atom is -0.383 e. The fourth-order valence-corrected chi connectivity index (χ4v) is 3.07. The minimum atomic E-state index is 0.721. The normalized spacial score (nSPS) is 13.1. The summed E-state index contributed by atoms with van der Waals surface area (Å²) in [5.41, 5.74) is 4.35. The monoisotopic (exact) mass is 346 g/mol. The van der Waals surface area contributed by atoms with Gasteiger partial charge in [-0.15, -0.1) is 0 Å². The van der Waals surface area contributed by atoms with Crippen LogP contribution in [0.2, 0.25) is 0 Å². The predicted octanol–water partition coefficient (Wildman–Crippen LogP) is 2.71. The minimum absolute atomic E-state index is 0.721. The van der Waals surface area contributed by atoms with Crippen LogP contribution in [0.1, 0.15) is 11.3 Å². The van der Waals surface area contributed by atoms with Gasteiger partial charge in [0.1, 0.15) is 5.82 Å². The van der Waals surface area contributed by atoms with E-state index < -0.39 is 0 Å². The summed E-state index contributed by atoms with van der Waals surface area (Å²) in [6.45, 7) is 3.35. The van der Waals surface area contributed by atoms with Crippen LogP contribution >= 0.6 is 0 Å². The van der Waals surface area contributed by atoms with E-state index >= 15 is 0 Å². The second-order valence-electron chi connectivity index (χ2n) is 6.21. The lowest BCUT2D eigenvalue weighted by atomic mass is 10.1. The molecule has 3 heterocycles. The third-order valence-corrected chi connectivity index (χ3v) is 4.38. The zero-order chi connectivity index (χ0) is 17.6. The predicted molar refractivity (Wildman–Crippen MR) is 104 cm³/mol. The molecule has 0 bridgehead atoms. The molecule has 0 atom stereocenters. The first-order valence-corrected chi connectivity index (χ1v) is 8.94. The molecule has 0 saturated carbocycles. The van der Waals surface area contributed by atoms with Crippen molar-refractivity contribution in [2.45, 2.75) is 13.0 Å². The number of para-hydroxylation sites is 1. The smallest absolute Gasteiger partial charge is 0.163 e. The van der Waals surface area contributed by atoms with E-state index in [1.807, 2.05) is 30.3 Å². The van der Waals surface area contributed by atoms with E-state index in [1.54, 1.807) is 12.4 Å². The number of fused-ring (bicyclic) bond motifs is 1. The Morgan fingerprint density at radius 3 is 2.69 bits per heavy atom. The van der Waals surface area contributed by atoms with Crippen LogP contribution in [0.5, 0.6) is 0 Å². The molecule has 0 spiro atoms. The Balaban J connectivity index is 1.50. The van der Waals surface area contributed by atoms with Crippen LogP contribution in [0.15, 0.2) is 54.9 Å². The molecule has 0 fully saturated rings. The fourth-order valence-electron chi connectivity index (χ4n) is 3.07. The van der Waals surface area contributed by atoms with Gasteiger partial charge in [-0.3, -0.25) is 4.98 Å². The molecule has 1 aliphatic rings. The van der Waals surface area contributed by atoms with Gasteiger partial charge in [-0.2, -0.15) is 0 Å². The molecular formula is C20H22N6. The largest absolute Gasteiger partial charge is 0.383 e. The summed E-state index contributed by atoms with van der Waals surface area (Å²) < 4.78 is 0. The molecule has 0 radical (unpaired) electrons. The van der Waals surface area contributed by atoms with Crippen molar-refractivity contribution in [2.24, 2.45) is 0 Å². The molecule has 0 saturated heterocycles. The van der Waals surface area contributed by atoms with Gasteiger partial charge in [0.25, 0.3) is 0 Å². The van der Waals surface area contributed by atoms with Crippen molar-refractivity contribution in [3.05, 3.63) is 66.1 Å². The fraction of sp³-hybridized carbons (Fsp3) is 0.250. The molecular weight excluding hydrogens is 324 g/mol. The number of aromatic nitrogens is 3. The highest BCUT2D eigenvalue weighted by molar-refractivity contribution is 5.59. The highest BCUT2D eigenvalue weighted by Crippen LogP contribution is 2.24. The zero-order valence-corrected chi connectivity index (χ0v) is 14.6. The van der Waals surface area contributed by atoms with Crippen molar-refractivity contribution < 1.29 is 0 Å². The first-order chi connectivity index (χ1) is 12.9. The Kier molecular flexibility index (Phi) is 5.02. The Labute approximate surface area is 153 Å². The molecule has 0 aliphatic carbocycles. The zero-order valence-electron chi connectivity index (χ0n) is 14.6. The van der Waals surface area contributed by atoms with E-state index in [9.17, 15) is 0 Å². The number of benzene rings is 1. The van der Waals surface area contributed by atoms with Crippen LogP contribution in [0.3, 0.4) is 0 Å². The Bertz CT molecular complexity index is 851. The van der Waals surface area contributed by atoms with Gasteiger partial charge in [0.05, 0.1) is 5.69 Å². The number of nitrogens with zero attached hydrogens (tertiary/aromatic N) is 3. The second-order valence-corrected chi connectivity index (χ2v) is 6.21.